The third-order valence-electron chi connectivity index (χ3n) is 4.53. The van der Waals surface area contributed by atoms with Crippen molar-refractivity contribution in [2.24, 2.45) is 11.7 Å². The summed E-state index contributed by atoms with van der Waals surface area (Å²) in [5.41, 5.74) is 5.31. The molecule has 1 fully saturated rings. The van der Waals surface area contributed by atoms with Crippen LogP contribution in [0.2, 0.25) is 0 Å². The first-order valence-corrected chi connectivity index (χ1v) is 11.0. The Bertz CT molecular complexity index is 310. The average Bonchev–Trinajstić information content (AvgIpc) is 2.96. The van der Waals surface area contributed by atoms with Gasteiger partial charge in [0, 0.05) is 11.7 Å². The topological polar surface area (TPSA) is 60.2 Å². The third-order valence-corrected chi connectivity index (χ3v) is 5.55. The first kappa shape index (κ1) is 23.6. The zero-order valence-electron chi connectivity index (χ0n) is 15.9. The summed E-state index contributed by atoms with van der Waals surface area (Å²) >= 11 is 1.34. The molecular formula is C20H39NO2S. The van der Waals surface area contributed by atoms with Crippen LogP contribution in [0.5, 0.6) is 0 Å². The number of aldehydes is 1. The highest BCUT2D eigenvalue weighted by molar-refractivity contribution is 8.14. The van der Waals surface area contributed by atoms with E-state index in [-0.39, 0.29) is 11.2 Å². The van der Waals surface area contributed by atoms with Gasteiger partial charge in [-0.05, 0) is 19.3 Å². The summed E-state index contributed by atoms with van der Waals surface area (Å²) in [6, 6.07) is -0.162. The summed E-state index contributed by atoms with van der Waals surface area (Å²) in [4.78, 5) is 21.3. The first-order valence-electron chi connectivity index (χ1n) is 10.0. The highest BCUT2D eigenvalue weighted by Gasteiger charge is 2.20. The molecule has 2 N–H and O–H groups in total. The fourth-order valence-electron chi connectivity index (χ4n) is 2.81. The van der Waals surface area contributed by atoms with Gasteiger partial charge in [-0.25, -0.2) is 0 Å². The summed E-state index contributed by atoms with van der Waals surface area (Å²) in [7, 11) is 0. The van der Waals surface area contributed by atoms with Crippen LogP contribution in [0.25, 0.3) is 0 Å². The Kier molecular flexibility index (Phi) is 17.2. The molecule has 3 nitrogen and oxygen atoms in total. The van der Waals surface area contributed by atoms with Crippen LogP contribution in [0.1, 0.15) is 97.3 Å². The Hall–Kier alpha value is -0.350. The minimum Gasteiger partial charge on any atom is -0.321 e. The number of rotatable bonds is 13. The van der Waals surface area contributed by atoms with Gasteiger partial charge in [0.15, 0.2) is 0 Å². The molecule has 1 rings (SSSR count). The Balaban J connectivity index is 0.000000620. The SMILES string of the molecule is CCCCCCCCC(C=O)CCCCCC.NC1CCSC1=O. The number of carbonyl (C=O) groups is 2. The molecule has 1 aliphatic heterocycles. The molecule has 0 aromatic rings. The van der Waals surface area contributed by atoms with E-state index in [0.29, 0.717) is 5.92 Å². The highest BCUT2D eigenvalue weighted by Crippen LogP contribution is 2.17. The summed E-state index contributed by atoms with van der Waals surface area (Å²) < 4.78 is 0. The Labute approximate surface area is 153 Å². The summed E-state index contributed by atoms with van der Waals surface area (Å²) in [5, 5.41) is 0.153. The number of unbranched alkanes of at least 4 members (excludes halogenated alkanes) is 8. The molecule has 2 atom stereocenters. The van der Waals surface area contributed by atoms with Gasteiger partial charge in [0.05, 0.1) is 6.04 Å². The fourth-order valence-corrected chi connectivity index (χ4v) is 3.72. The zero-order valence-corrected chi connectivity index (χ0v) is 16.8. The molecule has 0 amide bonds. The lowest BCUT2D eigenvalue weighted by Crippen LogP contribution is -2.22. The molecule has 142 valence electrons. The molecule has 0 aromatic carbocycles. The van der Waals surface area contributed by atoms with Crippen molar-refractivity contribution in [3.63, 3.8) is 0 Å². The molecule has 1 aliphatic rings. The van der Waals surface area contributed by atoms with Gasteiger partial charge in [0.2, 0.25) is 5.12 Å². The van der Waals surface area contributed by atoms with Gasteiger partial charge in [-0.2, -0.15) is 0 Å². The molecular weight excluding hydrogens is 318 g/mol. The van der Waals surface area contributed by atoms with Gasteiger partial charge >= 0.3 is 0 Å². The normalized spacial score (nSPS) is 18.1. The molecule has 1 saturated heterocycles. The molecule has 0 aliphatic carbocycles. The molecule has 0 aromatic heterocycles. The van der Waals surface area contributed by atoms with E-state index in [1.807, 2.05) is 0 Å². The van der Waals surface area contributed by atoms with Crippen molar-refractivity contribution in [1.29, 1.82) is 0 Å². The van der Waals surface area contributed by atoms with Crippen LogP contribution < -0.4 is 5.73 Å². The predicted molar refractivity (Wildman–Crippen MR) is 106 cm³/mol. The summed E-state index contributed by atoms with van der Waals surface area (Å²) in [6.45, 7) is 4.48. The summed E-state index contributed by atoms with van der Waals surface area (Å²) in [6.07, 6.45) is 17.4. The van der Waals surface area contributed by atoms with Crippen LogP contribution in [-0.2, 0) is 9.59 Å². The first-order chi connectivity index (χ1) is 11.7. The van der Waals surface area contributed by atoms with Crippen molar-refractivity contribution in [3.8, 4) is 0 Å². The van der Waals surface area contributed by atoms with E-state index in [1.54, 1.807) is 0 Å². The van der Waals surface area contributed by atoms with Crippen LogP contribution in [0, 0.1) is 5.92 Å². The predicted octanol–water partition coefficient (Wildman–Crippen LogP) is 5.50. The molecule has 1 heterocycles. The smallest absolute Gasteiger partial charge is 0.205 e. The standard InChI is InChI=1S/C16H32O.C4H7NOS/c1-3-5-7-9-10-12-14-16(15-17)13-11-8-6-4-2;5-3-1-2-7-4(3)6/h15-16H,3-14H2,1-2H3;3H,1-2,5H2. The number of carbonyl (C=O) groups excluding carboxylic acids is 2. The second-order valence-corrected chi connectivity index (χ2v) is 7.96. The van der Waals surface area contributed by atoms with Crippen molar-refractivity contribution in [3.05, 3.63) is 0 Å². The average molecular weight is 358 g/mol. The molecule has 4 heteroatoms. The van der Waals surface area contributed by atoms with Crippen molar-refractivity contribution >= 4 is 23.2 Å². The Morgan fingerprint density at radius 3 is 1.88 bits per heavy atom. The maximum absolute atomic E-state index is 10.9. The van der Waals surface area contributed by atoms with Gasteiger partial charge in [-0.1, -0.05) is 89.8 Å². The zero-order chi connectivity index (χ0) is 18.0. The number of thioether (sulfide) groups is 1. The molecule has 2 unspecified atom stereocenters. The van der Waals surface area contributed by atoms with E-state index >= 15 is 0 Å². The highest BCUT2D eigenvalue weighted by atomic mass is 32.2. The minimum absolute atomic E-state index is 0.153. The van der Waals surface area contributed by atoms with Crippen molar-refractivity contribution in [2.45, 2.75) is 103 Å². The molecule has 24 heavy (non-hydrogen) atoms. The van der Waals surface area contributed by atoms with E-state index in [0.717, 1.165) is 25.0 Å². The van der Waals surface area contributed by atoms with Crippen molar-refractivity contribution in [1.82, 2.24) is 0 Å². The van der Waals surface area contributed by atoms with Gasteiger partial charge in [0.25, 0.3) is 0 Å². The van der Waals surface area contributed by atoms with Crippen LogP contribution in [0.4, 0.5) is 0 Å². The molecule has 0 saturated carbocycles. The van der Waals surface area contributed by atoms with Crippen LogP contribution in [0.15, 0.2) is 0 Å². The van der Waals surface area contributed by atoms with Gasteiger partial charge in [-0.15, -0.1) is 0 Å². The Morgan fingerprint density at radius 2 is 1.50 bits per heavy atom. The number of hydrogen-bond acceptors (Lipinski definition) is 4. The van der Waals surface area contributed by atoms with E-state index in [1.165, 1.54) is 82.3 Å². The second-order valence-electron chi connectivity index (χ2n) is 6.86. The van der Waals surface area contributed by atoms with Crippen molar-refractivity contribution in [2.75, 3.05) is 5.75 Å². The van der Waals surface area contributed by atoms with E-state index in [2.05, 4.69) is 13.8 Å². The number of nitrogens with two attached hydrogens (primary N) is 1. The lowest BCUT2D eigenvalue weighted by Gasteiger charge is -2.09. The van der Waals surface area contributed by atoms with E-state index < -0.39 is 0 Å². The molecule has 0 bridgehead atoms. The van der Waals surface area contributed by atoms with Crippen LogP contribution in [0.3, 0.4) is 0 Å². The monoisotopic (exact) mass is 357 g/mol. The quantitative estimate of drug-likeness (QED) is 0.349. The lowest BCUT2D eigenvalue weighted by molar-refractivity contribution is -0.112. The Morgan fingerprint density at radius 1 is 1.00 bits per heavy atom. The lowest BCUT2D eigenvalue weighted by atomic mass is 9.95. The van der Waals surface area contributed by atoms with Crippen LogP contribution >= 0.6 is 11.8 Å². The number of hydrogen-bond donors (Lipinski definition) is 1. The van der Waals surface area contributed by atoms with Gasteiger partial charge in [-0.3, -0.25) is 4.79 Å². The fraction of sp³-hybridized carbons (Fsp3) is 0.900. The van der Waals surface area contributed by atoms with Gasteiger partial charge in [0.1, 0.15) is 6.29 Å². The molecule has 0 spiro atoms. The van der Waals surface area contributed by atoms with Crippen LogP contribution in [-0.4, -0.2) is 23.2 Å². The van der Waals surface area contributed by atoms with E-state index in [4.69, 9.17) is 5.73 Å². The second kappa shape index (κ2) is 17.5. The molecule has 0 radical (unpaired) electrons. The van der Waals surface area contributed by atoms with Gasteiger partial charge < -0.3 is 10.5 Å². The maximum atomic E-state index is 10.9. The van der Waals surface area contributed by atoms with Crippen molar-refractivity contribution < 1.29 is 9.59 Å². The summed E-state index contributed by atoms with van der Waals surface area (Å²) in [5.74, 6) is 1.26. The third kappa shape index (κ3) is 14.0. The van der Waals surface area contributed by atoms with E-state index in [9.17, 15) is 9.59 Å². The largest absolute Gasteiger partial charge is 0.321 e. The maximum Gasteiger partial charge on any atom is 0.205 e. The minimum atomic E-state index is -0.162.